The average Bonchev–Trinajstić information content (AvgIpc) is 2.73. The zero-order valence-corrected chi connectivity index (χ0v) is 18.9. The van der Waals surface area contributed by atoms with Gasteiger partial charge in [-0.3, -0.25) is 14.4 Å². The van der Waals surface area contributed by atoms with Gasteiger partial charge in [0.05, 0.1) is 23.9 Å². The maximum atomic E-state index is 13.6. The van der Waals surface area contributed by atoms with Gasteiger partial charge >= 0.3 is 0 Å². The quantitative estimate of drug-likeness (QED) is 0.270. The Labute approximate surface area is 190 Å². The van der Waals surface area contributed by atoms with Gasteiger partial charge in [-0.05, 0) is 48.2 Å². The Hall–Kier alpha value is -3.77. The second-order valence-corrected chi connectivity index (χ2v) is 7.65. The SMILES string of the molecule is CNC(=O)/C(=C(/C(=O)c1cc(C)cc(C#N)c1)N(C=O)Cc1cc(N)nc(Cl)n1)C(C)C. The van der Waals surface area contributed by atoms with Crippen LogP contribution < -0.4 is 11.1 Å². The molecule has 0 fully saturated rings. The molecule has 1 aromatic carbocycles. The van der Waals surface area contributed by atoms with Gasteiger partial charge in [0.2, 0.25) is 23.4 Å². The number of halogens is 1. The minimum Gasteiger partial charge on any atom is -0.384 e. The first-order chi connectivity index (χ1) is 15.1. The van der Waals surface area contributed by atoms with E-state index in [9.17, 15) is 19.6 Å². The van der Waals surface area contributed by atoms with Crippen LogP contribution in [0.25, 0.3) is 0 Å². The number of hydrogen-bond acceptors (Lipinski definition) is 7. The molecule has 166 valence electrons. The number of carbonyl (C=O) groups excluding carboxylic acids is 3. The van der Waals surface area contributed by atoms with Gasteiger partial charge in [0.15, 0.2) is 0 Å². The first-order valence-corrected chi connectivity index (χ1v) is 10.0. The fourth-order valence-corrected chi connectivity index (χ4v) is 3.42. The topological polar surface area (TPSA) is 142 Å². The summed E-state index contributed by atoms with van der Waals surface area (Å²) in [6.45, 7) is 5.03. The van der Waals surface area contributed by atoms with Gasteiger partial charge in [-0.15, -0.1) is 0 Å². The standard InChI is InChI=1S/C22H23ClN6O3/c1-12(2)18(21(32)26-4)19(20(31)15-6-13(3)5-14(7-15)9-24)29(11-30)10-16-8-17(25)28-22(23)27-16/h5-8,11-12H,10H2,1-4H3,(H,26,32)(H2,25,27,28)/b19-18-. The van der Waals surface area contributed by atoms with Crippen LogP contribution in [0.2, 0.25) is 5.28 Å². The summed E-state index contributed by atoms with van der Waals surface area (Å²) < 4.78 is 0. The maximum Gasteiger partial charge on any atom is 0.249 e. The van der Waals surface area contributed by atoms with E-state index >= 15 is 0 Å². The summed E-state index contributed by atoms with van der Waals surface area (Å²) >= 11 is 5.87. The Morgan fingerprint density at radius 1 is 1.28 bits per heavy atom. The Bertz CT molecular complexity index is 1120. The number of allylic oxidation sites excluding steroid dienone is 1. The number of rotatable bonds is 8. The fourth-order valence-electron chi connectivity index (χ4n) is 3.21. The Kier molecular flexibility index (Phi) is 8.04. The van der Waals surface area contributed by atoms with Crippen molar-refractivity contribution >= 4 is 35.5 Å². The van der Waals surface area contributed by atoms with E-state index < -0.39 is 17.6 Å². The lowest BCUT2D eigenvalue weighted by Gasteiger charge is -2.25. The van der Waals surface area contributed by atoms with Crippen molar-refractivity contribution in [2.75, 3.05) is 12.8 Å². The first kappa shape index (κ1) is 24.5. The number of benzene rings is 1. The van der Waals surface area contributed by atoms with Crippen molar-refractivity contribution in [1.29, 1.82) is 5.26 Å². The molecule has 2 aromatic rings. The summed E-state index contributed by atoms with van der Waals surface area (Å²) in [6, 6.07) is 8.06. The zero-order valence-electron chi connectivity index (χ0n) is 18.1. The number of likely N-dealkylation sites (N-methyl/N-ethyl adjacent to an activating group) is 1. The molecule has 1 heterocycles. The molecule has 0 unspecified atom stereocenters. The second kappa shape index (κ2) is 10.5. The molecule has 0 bridgehead atoms. The Morgan fingerprint density at radius 2 is 1.97 bits per heavy atom. The predicted molar refractivity (Wildman–Crippen MR) is 119 cm³/mol. The number of Topliss-reactive ketones (excluding diaryl/α,β-unsaturated/α-hetero) is 1. The molecule has 0 saturated carbocycles. The predicted octanol–water partition coefficient (Wildman–Crippen LogP) is 2.39. The average molecular weight is 455 g/mol. The number of anilines is 1. The number of nitrogens with one attached hydrogen (secondary N) is 1. The minimum atomic E-state index is -0.585. The van der Waals surface area contributed by atoms with Crippen LogP contribution >= 0.6 is 11.6 Å². The minimum absolute atomic E-state index is 0.0930. The van der Waals surface area contributed by atoms with Crippen LogP contribution in [-0.2, 0) is 16.1 Å². The Balaban J connectivity index is 2.73. The van der Waals surface area contributed by atoms with Gasteiger partial charge in [-0.2, -0.15) is 5.26 Å². The van der Waals surface area contributed by atoms with E-state index in [1.807, 2.05) is 6.07 Å². The van der Waals surface area contributed by atoms with Gasteiger partial charge in [0.1, 0.15) is 11.5 Å². The fraction of sp³-hybridized carbons (Fsp3) is 0.273. The highest BCUT2D eigenvalue weighted by molar-refractivity contribution is 6.28. The molecule has 32 heavy (non-hydrogen) atoms. The molecule has 0 aliphatic carbocycles. The molecule has 0 spiro atoms. The summed E-state index contributed by atoms with van der Waals surface area (Å²) in [7, 11) is 1.43. The molecular formula is C22H23ClN6O3. The van der Waals surface area contributed by atoms with Crippen LogP contribution in [0.1, 0.15) is 41.0 Å². The van der Waals surface area contributed by atoms with Gasteiger partial charge in [0.25, 0.3) is 0 Å². The largest absolute Gasteiger partial charge is 0.384 e. The van der Waals surface area contributed by atoms with Crippen molar-refractivity contribution in [1.82, 2.24) is 20.2 Å². The molecular weight excluding hydrogens is 432 g/mol. The monoisotopic (exact) mass is 454 g/mol. The van der Waals surface area contributed by atoms with Gasteiger partial charge in [-0.25, -0.2) is 9.97 Å². The number of carbonyl (C=O) groups is 3. The third kappa shape index (κ3) is 5.68. The van der Waals surface area contributed by atoms with Gasteiger partial charge < -0.3 is 16.0 Å². The number of nitrogens with zero attached hydrogens (tertiary/aromatic N) is 4. The van der Waals surface area contributed by atoms with Crippen LogP contribution in [0.15, 0.2) is 35.5 Å². The molecule has 9 nitrogen and oxygen atoms in total. The third-order valence-electron chi connectivity index (χ3n) is 4.51. The third-order valence-corrected chi connectivity index (χ3v) is 4.68. The molecule has 1 aromatic heterocycles. The maximum absolute atomic E-state index is 13.6. The molecule has 0 aliphatic rings. The summed E-state index contributed by atoms with van der Waals surface area (Å²) in [5, 5.41) is 11.7. The van der Waals surface area contributed by atoms with E-state index in [0.29, 0.717) is 12.0 Å². The number of amides is 2. The summed E-state index contributed by atoms with van der Waals surface area (Å²) in [4.78, 5) is 47.4. The number of nitrogen functional groups attached to an aromatic ring is 1. The van der Waals surface area contributed by atoms with Crippen molar-refractivity contribution < 1.29 is 14.4 Å². The van der Waals surface area contributed by atoms with E-state index in [2.05, 4.69) is 15.3 Å². The summed E-state index contributed by atoms with van der Waals surface area (Å²) in [5.74, 6) is -1.41. The lowest BCUT2D eigenvalue weighted by Crippen LogP contribution is -2.34. The van der Waals surface area contributed by atoms with Crippen LogP contribution in [0, 0.1) is 24.2 Å². The normalized spacial score (nSPS) is 11.4. The smallest absolute Gasteiger partial charge is 0.249 e. The highest BCUT2D eigenvalue weighted by atomic mass is 35.5. The van der Waals surface area contributed by atoms with Crippen molar-refractivity contribution in [3.05, 3.63) is 63.2 Å². The molecule has 0 aliphatic heterocycles. The van der Waals surface area contributed by atoms with Crippen molar-refractivity contribution in [3.63, 3.8) is 0 Å². The molecule has 0 radical (unpaired) electrons. The highest BCUT2D eigenvalue weighted by Gasteiger charge is 2.29. The van der Waals surface area contributed by atoms with Crippen LogP contribution in [0.3, 0.4) is 0 Å². The number of hydrogen-bond donors (Lipinski definition) is 2. The van der Waals surface area contributed by atoms with Crippen LogP contribution in [0.4, 0.5) is 5.82 Å². The summed E-state index contributed by atoms with van der Waals surface area (Å²) in [6.07, 6.45) is 0.436. The van der Waals surface area contributed by atoms with E-state index in [0.717, 1.165) is 4.90 Å². The number of aromatic nitrogens is 2. The van der Waals surface area contributed by atoms with E-state index in [4.69, 9.17) is 17.3 Å². The van der Waals surface area contributed by atoms with Crippen molar-refractivity contribution in [2.45, 2.75) is 27.3 Å². The number of nitrogens with two attached hydrogens (primary N) is 1. The molecule has 2 rings (SSSR count). The van der Waals surface area contributed by atoms with Gasteiger partial charge in [0, 0.05) is 24.3 Å². The highest BCUT2D eigenvalue weighted by Crippen LogP contribution is 2.25. The van der Waals surface area contributed by atoms with E-state index in [1.54, 1.807) is 32.9 Å². The van der Waals surface area contributed by atoms with Gasteiger partial charge in [-0.1, -0.05) is 13.8 Å². The molecule has 3 N–H and O–H groups in total. The molecule has 10 heteroatoms. The van der Waals surface area contributed by atoms with Crippen LogP contribution in [-0.4, -0.2) is 40.0 Å². The lowest BCUT2D eigenvalue weighted by molar-refractivity contribution is -0.118. The molecule has 0 saturated heterocycles. The Morgan fingerprint density at radius 3 is 2.50 bits per heavy atom. The van der Waals surface area contributed by atoms with Crippen LogP contribution in [0.5, 0.6) is 0 Å². The first-order valence-electron chi connectivity index (χ1n) is 9.64. The van der Waals surface area contributed by atoms with E-state index in [-0.39, 0.29) is 45.7 Å². The number of ketones is 1. The van der Waals surface area contributed by atoms with Crippen molar-refractivity contribution in [2.24, 2.45) is 5.92 Å². The molecule has 0 atom stereocenters. The van der Waals surface area contributed by atoms with E-state index in [1.165, 1.54) is 19.2 Å². The number of nitriles is 1. The second-order valence-electron chi connectivity index (χ2n) is 7.31. The zero-order chi connectivity index (χ0) is 24.0. The molecule has 2 amide bonds. The summed E-state index contributed by atoms with van der Waals surface area (Å²) in [5.41, 5.74) is 7.12. The van der Waals surface area contributed by atoms with Crippen molar-refractivity contribution in [3.8, 4) is 6.07 Å². The lowest BCUT2D eigenvalue weighted by atomic mass is 9.93. The number of aryl methyl sites for hydroxylation is 1.